The van der Waals surface area contributed by atoms with Crippen LogP contribution >= 0.6 is 0 Å². The highest BCUT2D eigenvalue weighted by Gasteiger charge is 2.11. The van der Waals surface area contributed by atoms with E-state index in [2.05, 4.69) is 5.32 Å². The lowest BCUT2D eigenvalue weighted by molar-refractivity contribution is -0.116. The summed E-state index contributed by atoms with van der Waals surface area (Å²) in [5.41, 5.74) is 1.20. The zero-order valence-corrected chi connectivity index (χ0v) is 15.0. The molecule has 0 atom stereocenters. The Kier molecular flexibility index (Phi) is 6.91. The molecule has 1 amide bonds. The molecule has 0 spiro atoms. The van der Waals surface area contributed by atoms with Crippen LogP contribution in [-0.4, -0.2) is 38.6 Å². The van der Waals surface area contributed by atoms with Gasteiger partial charge in [-0.1, -0.05) is 6.07 Å². The SMILES string of the molecule is COc1ccc(CN(C)CCC(=O)Nc2ccc(F)c(F)c2)c(OC)c1. The number of amides is 1. The van der Waals surface area contributed by atoms with Gasteiger partial charge in [0.15, 0.2) is 11.6 Å². The first-order chi connectivity index (χ1) is 12.4. The van der Waals surface area contributed by atoms with Gasteiger partial charge in [-0.15, -0.1) is 0 Å². The Labute approximate surface area is 151 Å². The number of hydrogen-bond acceptors (Lipinski definition) is 4. The Hall–Kier alpha value is -2.67. The van der Waals surface area contributed by atoms with Crippen LogP contribution in [0.15, 0.2) is 36.4 Å². The summed E-state index contributed by atoms with van der Waals surface area (Å²) < 4.78 is 36.6. The minimum Gasteiger partial charge on any atom is -0.497 e. The zero-order chi connectivity index (χ0) is 19.1. The molecule has 5 nitrogen and oxygen atoms in total. The quantitative estimate of drug-likeness (QED) is 0.780. The van der Waals surface area contributed by atoms with Crippen LogP contribution in [0.5, 0.6) is 11.5 Å². The van der Waals surface area contributed by atoms with E-state index in [1.54, 1.807) is 20.3 Å². The minimum atomic E-state index is -0.994. The van der Waals surface area contributed by atoms with E-state index < -0.39 is 11.6 Å². The third-order valence-corrected chi connectivity index (χ3v) is 3.86. The first-order valence-electron chi connectivity index (χ1n) is 8.07. The van der Waals surface area contributed by atoms with Gasteiger partial charge in [-0.2, -0.15) is 0 Å². The van der Waals surface area contributed by atoms with E-state index in [-0.39, 0.29) is 18.0 Å². The molecule has 0 fully saturated rings. The van der Waals surface area contributed by atoms with Crippen LogP contribution in [0.25, 0.3) is 0 Å². The summed E-state index contributed by atoms with van der Waals surface area (Å²) in [5, 5.41) is 2.55. The molecule has 0 heterocycles. The Morgan fingerprint density at radius 3 is 2.50 bits per heavy atom. The molecule has 0 aliphatic carbocycles. The minimum absolute atomic E-state index is 0.216. The molecular weight excluding hydrogens is 342 g/mol. The summed E-state index contributed by atoms with van der Waals surface area (Å²) in [5.74, 6) is -0.797. The molecule has 2 rings (SSSR count). The monoisotopic (exact) mass is 364 g/mol. The van der Waals surface area contributed by atoms with Gasteiger partial charge in [0.25, 0.3) is 0 Å². The first-order valence-corrected chi connectivity index (χ1v) is 8.07. The second kappa shape index (κ2) is 9.15. The number of anilines is 1. The number of methoxy groups -OCH3 is 2. The van der Waals surface area contributed by atoms with E-state index in [0.29, 0.717) is 24.6 Å². The average molecular weight is 364 g/mol. The largest absolute Gasteiger partial charge is 0.497 e. The van der Waals surface area contributed by atoms with Gasteiger partial charge < -0.3 is 19.7 Å². The van der Waals surface area contributed by atoms with Gasteiger partial charge in [0.1, 0.15) is 11.5 Å². The smallest absolute Gasteiger partial charge is 0.225 e. The number of ether oxygens (including phenoxy) is 2. The van der Waals surface area contributed by atoms with Crippen molar-refractivity contribution in [3.8, 4) is 11.5 Å². The lowest BCUT2D eigenvalue weighted by atomic mass is 10.1. The van der Waals surface area contributed by atoms with Crippen LogP contribution in [0.4, 0.5) is 14.5 Å². The van der Waals surface area contributed by atoms with Crippen LogP contribution < -0.4 is 14.8 Å². The zero-order valence-electron chi connectivity index (χ0n) is 15.0. The van der Waals surface area contributed by atoms with Crippen molar-refractivity contribution in [2.24, 2.45) is 0 Å². The Morgan fingerprint density at radius 1 is 1.08 bits per heavy atom. The van der Waals surface area contributed by atoms with E-state index in [1.165, 1.54) is 6.07 Å². The molecule has 0 bridgehead atoms. The average Bonchev–Trinajstić information content (AvgIpc) is 2.63. The maximum absolute atomic E-state index is 13.2. The normalized spacial score (nSPS) is 10.7. The van der Waals surface area contributed by atoms with Crippen molar-refractivity contribution in [3.63, 3.8) is 0 Å². The maximum atomic E-state index is 13.2. The molecule has 0 aromatic heterocycles. The standard InChI is InChI=1S/C19H22F2N2O3/c1-23(12-13-4-6-15(25-2)11-18(13)26-3)9-8-19(24)22-14-5-7-16(20)17(21)10-14/h4-7,10-11H,8-9,12H2,1-3H3,(H,22,24). The van der Waals surface area contributed by atoms with Crippen LogP contribution in [0.3, 0.4) is 0 Å². The molecule has 0 radical (unpaired) electrons. The molecule has 1 N–H and O–H groups in total. The van der Waals surface area contributed by atoms with E-state index in [9.17, 15) is 13.6 Å². The number of nitrogens with zero attached hydrogens (tertiary/aromatic N) is 1. The van der Waals surface area contributed by atoms with Gasteiger partial charge in [-0.25, -0.2) is 8.78 Å². The molecule has 0 unspecified atom stereocenters. The first kappa shape index (κ1) is 19.7. The second-order valence-corrected chi connectivity index (χ2v) is 5.84. The van der Waals surface area contributed by atoms with Crippen LogP contribution in [0, 0.1) is 11.6 Å². The van der Waals surface area contributed by atoms with Crippen molar-refractivity contribution in [1.82, 2.24) is 4.90 Å². The molecule has 0 saturated heterocycles. The van der Waals surface area contributed by atoms with Crippen LogP contribution in [0.1, 0.15) is 12.0 Å². The summed E-state index contributed by atoms with van der Waals surface area (Å²) >= 11 is 0. The number of carbonyl (C=O) groups is 1. The van der Waals surface area contributed by atoms with E-state index in [4.69, 9.17) is 9.47 Å². The highest BCUT2D eigenvalue weighted by molar-refractivity contribution is 5.90. The molecule has 0 aliphatic rings. The molecule has 140 valence electrons. The molecule has 2 aromatic rings. The third kappa shape index (κ3) is 5.42. The number of rotatable bonds is 8. The fourth-order valence-corrected chi connectivity index (χ4v) is 2.44. The highest BCUT2D eigenvalue weighted by Crippen LogP contribution is 2.25. The van der Waals surface area contributed by atoms with E-state index >= 15 is 0 Å². The van der Waals surface area contributed by atoms with Gasteiger partial charge in [-0.3, -0.25) is 4.79 Å². The number of halogens is 2. The second-order valence-electron chi connectivity index (χ2n) is 5.84. The molecule has 0 aliphatic heterocycles. The van der Waals surface area contributed by atoms with E-state index in [1.807, 2.05) is 24.1 Å². The molecule has 26 heavy (non-hydrogen) atoms. The molecule has 2 aromatic carbocycles. The van der Waals surface area contributed by atoms with Gasteiger partial charge in [0, 0.05) is 42.9 Å². The van der Waals surface area contributed by atoms with Crippen molar-refractivity contribution < 1.29 is 23.0 Å². The Bertz CT molecular complexity index is 768. The lowest BCUT2D eigenvalue weighted by Gasteiger charge is -2.18. The van der Waals surface area contributed by atoms with Crippen molar-refractivity contribution in [3.05, 3.63) is 53.6 Å². The molecular formula is C19H22F2N2O3. The van der Waals surface area contributed by atoms with Crippen molar-refractivity contribution in [2.45, 2.75) is 13.0 Å². The van der Waals surface area contributed by atoms with Crippen LogP contribution in [-0.2, 0) is 11.3 Å². The summed E-state index contributed by atoms with van der Waals surface area (Å²) in [6, 6.07) is 8.82. The van der Waals surface area contributed by atoms with Gasteiger partial charge in [0.2, 0.25) is 5.91 Å². The van der Waals surface area contributed by atoms with Gasteiger partial charge >= 0.3 is 0 Å². The van der Waals surface area contributed by atoms with E-state index in [0.717, 1.165) is 17.7 Å². The fraction of sp³-hybridized carbons (Fsp3) is 0.316. The van der Waals surface area contributed by atoms with Crippen molar-refractivity contribution >= 4 is 11.6 Å². The Balaban J connectivity index is 1.87. The molecule has 0 saturated carbocycles. The summed E-state index contributed by atoms with van der Waals surface area (Å²) in [6.45, 7) is 1.08. The van der Waals surface area contributed by atoms with Gasteiger partial charge in [-0.05, 0) is 25.2 Å². The number of hydrogen-bond donors (Lipinski definition) is 1. The number of benzene rings is 2. The molecule has 7 heteroatoms. The van der Waals surface area contributed by atoms with Gasteiger partial charge in [0.05, 0.1) is 14.2 Å². The summed E-state index contributed by atoms with van der Waals surface area (Å²) in [6.07, 6.45) is 0.216. The predicted molar refractivity (Wildman–Crippen MR) is 95.5 cm³/mol. The highest BCUT2D eigenvalue weighted by atomic mass is 19.2. The van der Waals surface area contributed by atoms with Crippen molar-refractivity contribution in [1.29, 1.82) is 0 Å². The number of nitrogens with one attached hydrogen (secondary N) is 1. The lowest BCUT2D eigenvalue weighted by Crippen LogP contribution is -2.24. The maximum Gasteiger partial charge on any atom is 0.225 e. The fourth-order valence-electron chi connectivity index (χ4n) is 2.44. The number of carbonyl (C=O) groups excluding carboxylic acids is 1. The van der Waals surface area contributed by atoms with Crippen LogP contribution in [0.2, 0.25) is 0 Å². The predicted octanol–water partition coefficient (Wildman–Crippen LogP) is 3.44. The third-order valence-electron chi connectivity index (χ3n) is 3.86. The topological polar surface area (TPSA) is 50.8 Å². The van der Waals surface area contributed by atoms with Crippen molar-refractivity contribution in [2.75, 3.05) is 33.1 Å². The Morgan fingerprint density at radius 2 is 1.85 bits per heavy atom. The summed E-state index contributed by atoms with van der Waals surface area (Å²) in [7, 11) is 5.06. The summed E-state index contributed by atoms with van der Waals surface area (Å²) in [4.78, 5) is 13.9.